The van der Waals surface area contributed by atoms with Gasteiger partial charge in [0.05, 0.1) is 11.1 Å². The molecule has 1 heterocycles. The number of benzene rings is 2. The fourth-order valence-corrected chi connectivity index (χ4v) is 2.96. The van der Waals surface area contributed by atoms with Gasteiger partial charge in [0.25, 0.3) is 0 Å². The van der Waals surface area contributed by atoms with Crippen LogP contribution in [-0.2, 0) is 0 Å². The summed E-state index contributed by atoms with van der Waals surface area (Å²) in [6.45, 7) is 0.158. The van der Waals surface area contributed by atoms with Gasteiger partial charge in [0.1, 0.15) is 0 Å². The summed E-state index contributed by atoms with van der Waals surface area (Å²) in [6, 6.07) is 17.0. The van der Waals surface area contributed by atoms with Crippen LogP contribution in [0.25, 0.3) is 10.8 Å². The zero-order valence-electron chi connectivity index (χ0n) is 11.8. The average Bonchev–Trinajstić information content (AvgIpc) is 3.05. The minimum atomic E-state index is -0.750. The molecule has 112 valence electrons. The summed E-state index contributed by atoms with van der Waals surface area (Å²) >= 11 is 1.45. The van der Waals surface area contributed by atoms with Crippen LogP contribution in [0.15, 0.2) is 60.0 Å². The van der Waals surface area contributed by atoms with Gasteiger partial charge in [0.15, 0.2) is 0 Å². The molecule has 22 heavy (non-hydrogen) atoms. The van der Waals surface area contributed by atoms with Gasteiger partial charge >= 0.3 is 6.03 Å². The fourth-order valence-electron chi connectivity index (χ4n) is 2.35. The van der Waals surface area contributed by atoms with E-state index in [1.165, 1.54) is 11.3 Å². The Morgan fingerprint density at radius 1 is 1.09 bits per heavy atom. The van der Waals surface area contributed by atoms with E-state index in [1.54, 1.807) is 0 Å². The minimum Gasteiger partial charge on any atom is -0.387 e. The Hall–Kier alpha value is -2.37. The molecule has 1 unspecified atom stereocenters. The van der Waals surface area contributed by atoms with Crippen molar-refractivity contribution < 1.29 is 9.90 Å². The molecule has 0 saturated carbocycles. The number of anilines is 1. The molecule has 1 aromatic heterocycles. The second-order valence-corrected chi connectivity index (χ2v) is 5.84. The van der Waals surface area contributed by atoms with Gasteiger partial charge in [-0.3, -0.25) is 5.32 Å². The molecule has 0 radical (unpaired) electrons. The van der Waals surface area contributed by atoms with E-state index >= 15 is 0 Å². The van der Waals surface area contributed by atoms with Crippen molar-refractivity contribution in [3.63, 3.8) is 0 Å². The molecule has 3 N–H and O–H groups in total. The third-order valence-corrected chi connectivity index (χ3v) is 4.18. The SMILES string of the molecule is O=C(NCC(O)c1cccc2ccccc12)Nc1cccs1. The van der Waals surface area contributed by atoms with E-state index in [0.717, 1.165) is 21.3 Å². The Kier molecular flexibility index (Phi) is 4.37. The number of hydrogen-bond donors (Lipinski definition) is 3. The first-order valence-corrected chi connectivity index (χ1v) is 7.86. The van der Waals surface area contributed by atoms with Crippen molar-refractivity contribution in [3.05, 3.63) is 65.5 Å². The van der Waals surface area contributed by atoms with E-state index in [-0.39, 0.29) is 12.6 Å². The summed E-state index contributed by atoms with van der Waals surface area (Å²) in [5.74, 6) is 0. The number of aliphatic hydroxyl groups is 1. The molecule has 1 atom stereocenters. The number of thiophene rings is 1. The highest BCUT2D eigenvalue weighted by atomic mass is 32.1. The van der Waals surface area contributed by atoms with Crippen LogP contribution in [0.5, 0.6) is 0 Å². The predicted octanol–water partition coefficient (Wildman–Crippen LogP) is 3.76. The van der Waals surface area contributed by atoms with Crippen LogP contribution in [0.1, 0.15) is 11.7 Å². The van der Waals surface area contributed by atoms with Gasteiger partial charge in [-0.05, 0) is 33.8 Å². The van der Waals surface area contributed by atoms with Gasteiger partial charge in [-0.2, -0.15) is 0 Å². The quantitative estimate of drug-likeness (QED) is 0.687. The monoisotopic (exact) mass is 312 g/mol. The number of urea groups is 1. The summed E-state index contributed by atoms with van der Waals surface area (Å²) in [4.78, 5) is 11.8. The van der Waals surface area contributed by atoms with E-state index < -0.39 is 6.10 Å². The van der Waals surface area contributed by atoms with E-state index in [1.807, 2.05) is 60.0 Å². The van der Waals surface area contributed by atoms with Crippen molar-refractivity contribution in [1.82, 2.24) is 5.32 Å². The third kappa shape index (κ3) is 3.27. The third-order valence-electron chi connectivity index (χ3n) is 3.40. The Morgan fingerprint density at radius 2 is 1.91 bits per heavy atom. The summed E-state index contributed by atoms with van der Waals surface area (Å²) < 4.78 is 0. The Labute approximate surface area is 132 Å². The van der Waals surface area contributed by atoms with Crippen LogP contribution in [0.4, 0.5) is 9.80 Å². The maximum Gasteiger partial charge on any atom is 0.319 e. The van der Waals surface area contributed by atoms with Crippen LogP contribution in [-0.4, -0.2) is 17.7 Å². The van der Waals surface area contributed by atoms with Crippen LogP contribution >= 0.6 is 11.3 Å². The highest BCUT2D eigenvalue weighted by Crippen LogP contribution is 2.23. The maximum atomic E-state index is 11.8. The molecule has 4 nitrogen and oxygen atoms in total. The first kappa shape index (κ1) is 14.6. The second-order valence-electron chi connectivity index (χ2n) is 4.90. The molecule has 0 spiro atoms. The first-order valence-electron chi connectivity index (χ1n) is 6.98. The summed E-state index contributed by atoms with van der Waals surface area (Å²) in [5, 5.41) is 20.5. The van der Waals surface area contributed by atoms with Crippen LogP contribution in [0.2, 0.25) is 0 Å². The lowest BCUT2D eigenvalue weighted by Crippen LogP contribution is -2.32. The van der Waals surface area contributed by atoms with Crippen molar-refractivity contribution in [2.45, 2.75) is 6.10 Å². The van der Waals surface area contributed by atoms with Crippen LogP contribution in [0, 0.1) is 0 Å². The van der Waals surface area contributed by atoms with E-state index in [4.69, 9.17) is 0 Å². The molecule has 2 amide bonds. The number of rotatable bonds is 4. The smallest absolute Gasteiger partial charge is 0.319 e. The number of fused-ring (bicyclic) bond motifs is 1. The van der Waals surface area contributed by atoms with E-state index in [9.17, 15) is 9.90 Å². The number of amides is 2. The normalized spacial score (nSPS) is 12.0. The molecular formula is C17H16N2O2S. The lowest BCUT2D eigenvalue weighted by molar-refractivity contribution is 0.176. The average molecular weight is 312 g/mol. The minimum absolute atomic E-state index is 0.158. The van der Waals surface area contributed by atoms with Gasteiger partial charge in [-0.1, -0.05) is 42.5 Å². The molecular weight excluding hydrogens is 296 g/mol. The van der Waals surface area contributed by atoms with Crippen LogP contribution in [0.3, 0.4) is 0 Å². The number of carbonyl (C=O) groups is 1. The Morgan fingerprint density at radius 3 is 2.73 bits per heavy atom. The van der Waals surface area contributed by atoms with Crippen molar-refractivity contribution in [1.29, 1.82) is 0 Å². The lowest BCUT2D eigenvalue weighted by Gasteiger charge is -2.15. The molecule has 3 rings (SSSR count). The number of carbonyl (C=O) groups excluding carboxylic acids is 1. The van der Waals surface area contributed by atoms with Crippen molar-refractivity contribution >= 4 is 33.1 Å². The zero-order valence-corrected chi connectivity index (χ0v) is 12.6. The predicted molar refractivity (Wildman–Crippen MR) is 90.2 cm³/mol. The Balaban J connectivity index is 1.66. The molecule has 0 fully saturated rings. The van der Waals surface area contributed by atoms with Gasteiger partial charge in [0, 0.05) is 6.54 Å². The molecule has 0 aliphatic carbocycles. The summed E-state index contributed by atoms with van der Waals surface area (Å²) in [5.41, 5.74) is 0.814. The van der Waals surface area contributed by atoms with Gasteiger partial charge < -0.3 is 10.4 Å². The molecule has 3 aromatic rings. The molecule has 0 aliphatic heterocycles. The zero-order chi connectivity index (χ0) is 15.4. The van der Waals surface area contributed by atoms with Crippen molar-refractivity contribution in [2.24, 2.45) is 0 Å². The van der Waals surface area contributed by atoms with Crippen molar-refractivity contribution in [2.75, 3.05) is 11.9 Å². The lowest BCUT2D eigenvalue weighted by atomic mass is 10.0. The number of hydrogen-bond acceptors (Lipinski definition) is 3. The van der Waals surface area contributed by atoms with E-state index in [0.29, 0.717) is 0 Å². The van der Waals surface area contributed by atoms with Crippen LogP contribution < -0.4 is 10.6 Å². The summed E-state index contributed by atoms with van der Waals surface area (Å²) in [7, 11) is 0. The fraction of sp³-hybridized carbons (Fsp3) is 0.118. The molecule has 0 aliphatic rings. The molecule has 5 heteroatoms. The number of nitrogens with one attached hydrogen (secondary N) is 2. The first-order chi connectivity index (χ1) is 10.7. The van der Waals surface area contributed by atoms with Gasteiger partial charge in [-0.15, -0.1) is 11.3 Å². The van der Waals surface area contributed by atoms with E-state index in [2.05, 4.69) is 10.6 Å². The largest absolute Gasteiger partial charge is 0.387 e. The Bertz CT molecular complexity index is 766. The van der Waals surface area contributed by atoms with Gasteiger partial charge in [0.2, 0.25) is 0 Å². The second kappa shape index (κ2) is 6.60. The standard InChI is InChI=1S/C17H16N2O2S/c20-15(11-18-17(21)19-16-9-4-10-22-16)14-8-3-6-12-5-1-2-7-13(12)14/h1-10,15,20H,11H2,(H2,18,19,21). The van der Waals surface area contributed by atoms with Crippen molar-refractivity contribution in [3.8, 4) is 0 Å². The topological polar surface area (TPSA) is 61.4 Å². The molecule has 2 aromatic carbocycles. The number of aliphatic hydroxyl groups excluding tert-OH is 1. The highest BCUT2D eigenvalue weighted by molar-refractivity contribution is 7.14. The highest BCUT2D eigenvalue weighted by Gasteiger charge is 2.12. The molecule has 0 bridgehead atoms. The maximum absolute atomic E-state index is 11.8. The summed E-state index contributed by atoms with van der Waals surface area (Å²) in [6.07, 6.45) is -0.750. The molecule has 0 saturated heterocycles. The van der Waals surface area contributed by atoms with Gasteiger partial charge in [-0.25, -0.2) is 4.79 Å².